The van der Waals surface area contributed by atoms with Gasteiger partial charge in [0.1, 0.15) is 5.82 Å². The van der Waals surface area contributed by atoms with Crippen LogP contribution in [0, 0.1) is 5.82 Å². The zero-order valence-corrected chi connectivity index (χ0v) is 18.3. The maximum Gasteiger partial charge on any atom is 0.254 e. The van der Waals surface area contributed by atoms with Crippen molar-refractivity contribution in [1.82, 2.24) is 19.7 Å². The Hall–Kier alpha value is -3.84. The number of carbonyl (C=O) groups excluding carboxylic acids is 1. The lowest BCUT2D eigenvalue weighted by Crippen LogP contribution is -2.42. The largest absolute Gasteiger partial charge is 0.330 e. The standard InChI is InChI=1S/C26H24FN5O/c1-31-25(24(15-30-31)18-7-9-29-10-8-18)19-5-6-23-20(13-19)16-32(26(23)33)22(14-28)12-17-3-2-4-21(27)11-17/h2-11,13,15,22H,12,14,16,28H2,1H3/t22-/m0/s1. The lowest BCUT2D eigenvalue weighted by atomic mass is 9.99. The Balaban J connectivity index is 1.45. The van der Waals surface area contributed by atoms with Gasteiger partial charge in [0.25, 0.3) is 5.91 Å². The molecule has 6 nitrogen and oxygen atoms in total. The lowest BCUT2D eigenvalue weighted by molar-refractivity contribution is 0.0708. The first-order valence-electron chi connectivity index (χ1n) is 10.9. The van der Waals surface area contributed by atoms with Crippen molar-refractivity contribution in [2.24, 2.45) is 12.8 Å². The van der Waals surface area contributed by atoms with E-state index in [0.717, 1.165) is 33.5 Å². The number of aryl methyl sites for hydroxylation is 1. The minimum atomic E-state index is -0.287. The molecule has 7 heteroatoms. The van der Waals surface area contributed by atoms with E-state index >= 15 is 0 Å². The van der Waals surface area contributed by atoms with Crippen molar-refractivity contribution in [2.75, 3.05) is 6.54 Å². The van der Waals surface area contributed by atoms with Crippen LogP contribution in [0.2, 0.25) is 0 Å². The molecule has 0 saturated heterocycles. The molecule has 1 amide bonds. The maximum absolute atomic E-state index is 13.6. The number of amides is 1. The fourth-order valence-corrected chi connectivity index (χ4v) is 4.56. The van der Waals surface area contributed by atoms with E-state index in [0.29, 0.717) is 25.1 Å². The van der Waals surface area contributed by atoms with Gasteiger partial charge in [0, 0.05) is 55.3 Å². The van der Waals surface area contributed by atoms with Gasteiger partial charge in [-0.2, -0.15) is 5.10 Å². The van der Waals surface area contributed by atoms with Crippen LogP contribution in [0.1, 0.15) is 21.5 Å². The Labute approximate surface area is 191 Å². The fraction of sp³-hybridized carbons (Fsp3) is 0.192. The molecule has 1 aliphatic rings. The van der Waals surface area contributed by atoms with Gasteiger partial charge >= 0.3 is 0 Å². The molecule has 0 fully saturated rings. The van der Waals surface area contributed by atoms with Crippen LogP contribution in [0.15, 0.2) is 73.2 Å². The molecule has 1 atom stereocenters. The number of carbonyl (C=O) groups is 1. The van der Waals surface area contributed by atoms with Crippen molar-refractivity contribution in [3.05, 3.63) is 95.7 Å². The molecule has 3 heterocycles. The van der Waals surface area contributed by atoms with Crippen molar-refractivity contribution >= 4 is 5.91 Å². The molecule has 1 aliphatic heterocycles. The average molecular weight is 442 g/mol. The van der Waals surface area contributed by atoms with Crippen LogP contribution in [0.4, 0.5) is 4.39 Å². The Bertz CT molecular complexity index is 1320. The summed E-state index contributed by atoms with van der Waals surface area (Å²) in [6, 6.07) is 16.1. The highest BCUT2D eigenvalue weighted by molar-refractivity contribution is 5.99. The second kappa shape index (κ2) is 8.60. The van der Waals surface area contributed by atoms with Crippen LogP contribution in [-0.4, -0.2) is 38.2 Å². The topological polar surface area (TPSA) is 77.0 Å². The highest BCUT2D eigenvalue weighted by atomic mass is 19.1. The average Bonchev–Trinajstić information content (AvgIpc) is 3.37. The van der Waals surface area contributed by atoms with Gasteiger partial charge in [-0.3, -0.25) is 14.5 Å². The van der Waals surface area contributed by atoms with Crippen molar-refractivity contribution in [3.8, 4) is 22.4 Å². The quantitative estimate of drug-likeness (QED) is 0.494. The van der Waals surface area contributed by atoms with E-state index in [2.05, 4.69) is 16.1 Å². The Morgan fingerprint density at radius 2 is 1.88 bits per heavy atom. The Morgan fingerprint density at radius 3 is 2.64 bits per heavy atom. The minimum Gasteiger partial charge on any atom is -0.330 e. The van der Waals surface area contributed by atoms with E-state index in [-0.39, 0.29) is 17.8 Å². The molecule has 0 bridgehead atoms. The Kier molecular flexibility index (Phi) is 5.48. The highest BCUT2D eigenvalue weighted by Crippen LogP contribution is 2.35. The van der Waals surface area contributed by atoms with Crippen LogP contribution >= 0.6 is 0 Å². The van der Waals surface area contributed by atoms with E-state index in [4.69, 9.17) is 5.73 Å². The van der Waals surface area contributed by atoms with Gasteiger partial charge in [-0.15, -0.1) is 0 Å². The molecular weight excluding hydrogens is 417 g/mol. The third-order valence-corrected chi connectivity index (χ3v) is 6.21. The number of halogens is 1. The number of fused-ring (bicyclic) bond motifs is 1. The molecule has 2 N–H and O–H groups in total. The van der Waals surface area contributed by atoms with E-state index in [1.54, 1.807) is 23.4 Å². The normalized spacial score (nSPS) is 13.9. The first-order valence-corrected chi connectivity index (χ1v) is 10.9. The summed E-state index contributed by atoms with van der Waals surface area (Å²) < 4.78 is 15.5. The summed E-state index contributed by atoms with van der Waals surface area (Å²) in [4.78, 5) is 19.1. The van der Waals surface area contributed by atoms with Crippen LogP contribution in [-0.2, 0) is 20.0 Å². The molecule has 0 saturated carbocycles. The summed E-state index contributed by atoms with van der Waals surface area (Å²) in [5.74, 6) is -0.326. The summed E-state index contributed by atoms with van der Waals surface area (Å²) >= 11 is 0. The number of benzene rings is 2. The predicted molar refractivity (Wildman–Crippen MR) is 125 cm³/mol. The molecular formula is C26H24FN5O. The van der Waals surface area contributed by atoms with Gasteiger partial charge in [-0.25, -0.2) is 4.39 Å². The number of nitrogens with two attached hydrogens (primary N) is 1. The molecule has 0 radical (unpaired) electrons. The summed E-state index contributed by atoms with van der Waals surface area (Å²) in [5, 5.41) is 4.46. The molecule has 33 heavy (non-hydrogen) atoms. The molecule has 4 aromatic rings. The number of pyridine rings is 1. The summed E-state index contributed by atoms with van der Waals surface area (Å²) in [7, 11) is 1.91. The van der Waals surface area contributed by atoms with E-state index < -0.39 is 0 Å². The summed E-state index contributed by atoms with van der Waals surface area (Å²) in [6.45, 7) is 0.776. The van der Waals surface area contributed by atoms with E-state index in [1.165, 1.54) is 12.1 Å². The molecule has 5 rings (SSSR count). The number of rotatable bonds is 6. The molecule has 166 valence electrons. The zero-order valence-electron chi connectivity index (χ0n) is 18.3. The van der Waals surface area contributed by atoms with Crippen LogP contribution in [0.5, 0.6) is 0 Å². The van der Waals surface area contributed by atoms with E-state index in [9.17, 15) is 9.18 Å². The van der Waals surface area contributed by atoms with Crippen molar-refractivity contribution < 1.29 is 9.18 Å². The van der Waals surface area contributed by atoms with Crippen molar-refractivity contribution in [1.29, 1.82) is 0 Å². The first kappa shape index (κ1) is 21.0. The number of hydrogen-bond acceptors (Lipinski definition) is 4. The van der Waals surface area contributed by atoms with Crippen molar-refractivity contribution in [2.45, 2.75) is 19.0 Å². The van der Waals surface area contributed by atoms with Gasteiger partial charge < -0.3 is 10.6 Å². The summed E-state index contributed by atoms with van der Waals surface area (Å²) in [6.07, 6.45) is 5.88. The van der Waals surface area contributed by atoms with Crippen molar-refractivity contribution in [3.63, 3.8) is 0 Å². The van der Waals surface area contributed by atoms with Crippen LogP contribution in [0.3, 0.4) is 0 Å². The Morgan fingerprint density at radius 1 is 1.06 bits per heavy atom. The summed E-state index contributed by atoms with van der Waals surface area (Å²) in [5.41, 5.74) is 12.5. The highest BCUT2D eigenvalue weighted by Gasteiger charge is 2.32. The predicted octanol–water partition coefficient (Wildman–Crippen LogP) is 3.81. The molecule has 0 spiro atoms. The third kappa shape index (κ3) is 3.91. The van der Waals surface area contributed by atoms with Gasteiger partial charge in [-0.05, 0) is 59.5 Å². The second-order valence-corrected chi connectivity index (χ2v) is 8.29. The maximum atomic E-state index is 13.6. The smallest absolute Gasteiger partial charge is 0.254 e. The van der Waals surface area contributed by atoms with Gasteiger partial charge in [0.05, 0.1) is 11.9 Å². The SMILES string of the molecule is Cn1ncc(-c2ccncc2)c1-c1ccc2c(c1)CN([C@H](CN)Cc1cccc(F)c1)C2=O. The first-order chi connectivity index (χ1) is 16.0. The van der Waals surface area contributed by atoms with Gasteiger partial charge in [0.15, 0.2) is 0 Å². The number of hydrogen-bond donors (Lipinski definition) is 1. The van der Waals surface area contributed by atoms with Gasteiger partial charge in [-0.1, -0.05) is 18.2 Å². The van der Waals surface area contributed by atoms with Gasteiger partial charge in [0.2, 0.25) is 0 Å². The minimum absolute atomic E-state index is 0.0391. The van der Waals surface area contributed by atoms with E-state index in [1.807, 2.05) is 48.3 Å². The number of nitrogens with zero attached hydrogens (tertiary/aromatic N) is 4. The molecule has 2 aromatic heterocycles. The molecule has 0 aliphatic carbocycles. The third-order valence-electron chi connectivity index (χ3n) is 6.21. The molecule has 2 aromatic carbocycles. The molecule has 0 unspecified atom stereocenters. The number of aromatic nitrogens is 3. The fourth-order valence-electron chi connectivity index (χ4n) is 4.56. The lowest BCUT2D eigenvalue weighted by Gasteiger charge is -2.26. The zero-order chi connectivity index (χ0) is 22.9. The monoisotopic (exact) mass is 441 g/mol. The van der Waals surface area contributed by atoms with Crippen LogP contribution in [0.25, 0.3) is 22.4 Å². The second-order valence-electron chi connectivity index (χ2n) is 8.29. The van der Waals surface area contributed by atoms with Crippen LogP contribution < -0.4 is 5.73 Å².